The van der Waals surface area contributed by atoms with Crippen molar-refractivity contribution in [1.29, 1.82) is 0 Å². The summed E-state index contributed by atoms with van der Waals surface area (Å²) in [5.74, 6) is -0.781. The first-order chi connectivity index (χ1) is 12.5. The molecule has 0 unspecified atom stereocenters. The number of nitrogens with zero attached hydrogens (tertiary/aromatic N) is 2. The highest BCUT2D eigenvalue weighted by molar-refractivity contribution is 7.99. The van der Waals surface area contributed by atoms with E-state index in [0.29, 0.717) is 0 Å². The number of imide groups is 1. The summed E-state index contributed by atoms with van der Waals surface area (Å²) in [5.41, 5.74) is 0. The van der Waals surface area contributed by atoms with Crippen LogP contribution in [0.1, 0.15) is 31.8 Å². The van der Waals surface area contributed by atoms with Crippen molar-refractivity contribution in [2.75, 3.05) is 5.75 Å². The van der Waals surface area contributed by atoms with Crippen LogP contribution in [-0.4, -0.2) is 33.9 Å². The van der Waals surface area contributed by atoms with Crippen molar-refractivity contribution in [3.05, 3.63) is 36.0 Å². The molecule has 1 atom stereocenters. The first-order valence-electron chi connectivity index (χ1n) is 7.99. The Kier molecular flexibility index (Phi) is 5.71. The van der Waals surface area contributed by atoms with E-state index in [-0.39, 0.29) is 28.7 Å². The van der Waals surface area contributed by atoms with Crippen LogP contribution in [0.2, 0.25) is 0 Å². The Bertz CT molecular complexity index is 796. The molecule has 3 rings (SSSR count). The van der Waals surface area contributed by atoms with Crippen LogP contribution < -0.4 is 15.4 Å². The number of benzene rings is 1. The maximum absolute atomic E-state index is 13.6. The summed E-state index contributed by atoms with van der Waals surface area (Å²) in [5, 5.41) is 12.7. The molecule has 26 heavy (non-hydrogen) atoms. The normalized spacial score (nSPS) is 14.5. The molecule has 0 saturated heterocycles. The van der Waals surface area contributed by atoms with Gasteiger partial charge >= 0.3 is 6.03 Å². The summed E-state index contributed by atoms with van der Waals surface area (Å²) in [6, 6.07) is 5.66. The molecule has 1 aromatic heterocycles. The van der Waals surface area contributed by atoms with Gasteiger partial charge < -0.3 is 14.5 Å². The standard InChI is InChI=1S/C16H17FN4O4S/c1-9(24-12-5-3-2-4-11(12)17)14-20-21-16(25-14)26-8-13(22)19-15(23)18-10-6-7-10/h2-5,9-10H,6-8H2,1H3,(H2,18,19,22,23)/t9-/m1/s1. The summed E-state index contributed by atoms with van der Waals surface area (Å²) >= 11 is 0.991. The number of hydrogen-bond donors (Lipinski definition) is 2. The molecule has 1 saturated carbocycles. The summed E-state index contributed by atoms with van der Waals surface area (Å²) in [7, 11) is 0. The van der Waals surface area contributed by atoms with Crippen LogP contribution in [0.4, 0.5) is 9.18 Å². The third-order valence-electron chi connectivity index (χ3n) is 3.40. The quantitative estimate of drug-likeness (QED) is 0.711. The van der Waals surface area contributed by atoms with Gasteiger partial charge in [0.15, 0.2) is 17.7 Å². The number of para-hydroxylation sites is 1. The molecule has 1 aliphatic carbocycles. The number of rotatable bonds is 7. The zero-order chi connectivity index (χ0) is 18.5. The first kappa shape index (κ1) is 18.2. The van der Waals surface area contributed by atoms with Crippen LogP contribution in [-0.2, 0) is 4.79 Å². The lowest BCUT2D eigenvalue weighted by Crippen LogP contribution is -2.41. The Labute approximate surface area is 152 Å². The van der Waals surface area contributed by atoms with Gasteiger partial charge in [0.2, 0.25) is 5.91 Å². The van der Waals surface area contributed by atoms with Gasteiger partial charge in [-0.25, -0.2) is 9.18 Å². The van der Waals surface area contributed by atoms with Gasteiger partial charge in [0.1, 0.15) is 0 Å². The molecule has 0 aliphatic heterocycles. The molecule has 2 N–H and O–H groups in total. The molecule has 1 aliphatic rings. The maximum atomic E-state index is 13.6. The van der Waals surface area contributed by atoms with Crippen molar-refractivity contribution in [2.45, 2.75) is 37.1 Å². The third-order valence-corrected chi connectivity index (χ3v) is 4.22. The van der Waals surface area contributed by atoms with Gasteiger partial charge in [0.05, 0.1) is 5.75 Å². The molecule has 1 heterocycles. The van der Waals surface area contributed by atoms with Crippen molar-refractivity contribution in [3.63, 3.8) is 0 Å². The van der Waals surface area contributed by atoms with Gasteiger partial charge in [-0.15, -0.1) is 10.2 Å². The topological polar surface area (TPSA) is 106 Å². The van der Waals surface area contributed by atoms with Crippen molar-refractivity contribution in [1.82, 2.24) is 20.8 Å². The molecular formula is C16H17FN4O4S. The molecule has 2 aromatic rings. The smallest absolute Gasteiger partial charge is 0.321 e. The minimum absolute atomic E-state index is 0.0533. The summed E-state index contributed by atoms with van der Waals surface area (Å²) in [6.07, 6.45) is 1.22. The van der Waals surface area contributed by atoms with Crippen LogP contribution in [0.25, 0.3) is 0 Å². The number of nitrogens with one attached hydrogen (secondary N) is 2. The Morgan fingerprint density at radius 3 is 2.88 bits per heavy atom. The highest BCUT2D eigenvalue weighted by Gasteiger charge is 2.24. The second kappa shape index (κ2) is 8.17. The van der Waals surface area contributed by atoms with E-state index in [0.717, 1.165) is 24.6 Å². The van der Waals surface area contributed by atoms with Gasteiger partial charge in [-0.2, -0.15) is 0 Å². The van der Waals surface area contributed by atoms with Crippen LogP contribution in [0, 0.1) is 5.82 Å². The SMILES string of the molecule is C[C@@H](Oc1ccccc1F)c1nnc(SCC(=O)NC(=O)NC2CC2)o1. The summed E-state index contributed by atoms with van der Waals surface area (Å²) in [4.78, 5) is 23.2. The van der Waals surface area contributed by atoms with E-state index in [1.165, 1.54) is 12.1 Å². The van der Waals surface area contributed by atoms with Gasteiger partial charge in [-0.3, -0.25) is 10.1 Å². The number of ether oxygens (including phenoxy) is 1. The average molecular weight is 380 g/mol. The molecule has 8 nitrogen and oxygen atoms in total. The maximum Gasteiger partial charge on any atom is 0.321 e. The minimum Gasteiger partial charge on any atom is -0.478 e. The predicted octanol–water partition coefficient (Wildman–Crippen LogP) is 2.43. The van der Waals surface area contributed by atoms with E-state index in [4.69, 9.17) is 9.15 Å². The summed E-state index contributed by atoms with van der Waals surface area (Å²) < 4.78 is 24.4. The second-order valence-corrected chi connectivity index (χ2v) is 6.61. The fourth-order valence-electron chi connectivity index (χ4n) is 1.96. The Morgan fingerprint density at radius 2 is 2.15 bits per heavy atom. The number of halogens is 1. The zero-order valence-electron chi connectivity index (χ0n) is 13.9. The molecular weight excluding hydrogens is 363 g/mol. The number of hydrogen-bond acceptors (Lipinski definition) is 7. The molecule has 0 radical (unpaired) electrons. The van der Waals surface area contributed by atoms with E-state index in [1.807, 2.05) is 0 Å². The lowest BCUT2D eigenvalue weighted by atomic mass is 10.3. The Morgan fingerprint density at radius 1 is 1.38 bits per heavy atom. The Hall–Kier alpha value is -2.62. The zero-order valence-corrected chi connectivity index (χ0v) is 14.7. The van der Waals surface area contributed by atoms with E-state index >= 15 is 0 Å². The van der Waals surface area contributed by atoms with Crippen LogP contribution >= 0.6 is 11.8 Å². The molecule has 1 aromatic carbocycles. The number of thioether (sulfide) groups is 1. The predicted molar refractivity (Wildman–Crippen MR) is 90.2 cm³/mol. The second-order valence-electron chi connectivity index (χ2n) is 5.68. The van der Waals surface area contributed by atoms with Gasteiger partial charge in [-0.1, -0.05) is 23.9 Å². The van der Waals surface area contributed by atoms with E-state index in [9.17, 15) is 14.0 Å². The summed E-state index contributed by atoms with van der Waals surface area (Å²) in [6.45, 7) is 1.64. The van der Waals surface area contributed by atoms with Gasteiger partial charge in [-0.05, 0) is 31.9 Å². The molecule has 10 heteroatoms. The number of amides is 3. The minimum atomic E-state index is -0.660. The number of carbonyl (C=O) groups is 2. The van der Waals surface area contributed by atoms with Gasteiger partial charge in [0.25, 0.3) is 11.1 Å². The lowest BCUT2D eigenvalue weighted by molar-refractivity contribution is -0.117. The molecule has 3 amide bonds. The average Bonchev–Trinajstić information content (AvgIpc) is 3.28. The fraction of sp³-hybridized carbons (Fsp3) is 0.375. The number of carbonyl (C=O) groups excluding carboxylic acids is 2. The van der Waals surface area contributed by atoms with E-state index in [1.54, 1.807) is 19.1 Å². The molecule has 0 bridgehead atoms. The van der Waals surface area contributed by atoms with Crippen LogP contribution in [0.3, 0.4) is 0 Å². The largest absolute Gasteiger partial charge is 0.478 e. The van der Waals surface area contributed by atoms with Crippen molar-refractivity contribution in [3.8, 4) is 5.75 Å². The van der Waals surface area contributed by atoms with E-state index < -0.39 is 23.9 Å². The first-order valence-corrected chi connectivity index (χ1v) is 8.97. The lowest BCUT2D eigenvalue weighted by Gasteiger charge is -2.11. The Balaban J connectivity index is 1.47. The number of urea groups is 1. The highest BCUT2D eigenvalue weighted by atomic mass is 32.2. The van der Waals surface area contributed by atoms with Gasteiger partial charge in [0, 0.05) is 6.04 Å². The molecule has 138 valence electrons. The highest BCUT2D eigenvalue weighted by Crippen LogP contribution is 2.25. The van der Waals surface area contributed by atoms with Crippen molar-refractivity contribution in [2.24, 2.45) is 0 Å². The van der Waals surface area contributed by atoms with E-state index in [2.05, 4.69) is 20.8 Å². The van der Waals surface area contributed by atoms with Crippen molar-refractivity contribution >= 4 is 23.7 Å². The number of aromatic nitrogens is 2. The van der Waals surface area contributed by atoms with Crippen molar-refractivity contribution < 1.29 is 23.1 Å². The third kappa shape index (κ3) is 5.19. The monoisotopic (exact) mass is 380 g/mol. The molecule has 0 spiro atoms. The fourth-order valence-corrected chi connectivity index (χ4v) is 2.53. The van der Waals surface area contributed by atoms with Crippen LogP contribution in [0.5, 0.6) is 5.75 Å². The molecule has 1 fully saturated rings. The van der Waals surface area contributed by atoms with Crippen LogP contribution in [0.15, 0.2) is 33.9 Å².